The monoisotopic (exact) mass is 531 g/mol. The fourth-order valence-electron chi connectivity index (χ4n) is 4.44. The number of aromatic nitrogens is 2. The topological polar surface area (TPSA) is 89.9 Å². The maximum atomic E-state index is 14.1. The van der Waals surface area contributed by atoms with E-state index in [1.54, 1.807) is 18.2 Å². The quantitative estimate of drug-likeness (QED) is 0.502. The number of ether oxygens (including phenoxy) is 3. The molecule has 2 aromatic rings. The van der Waals surface area contributed by atoms with Crippen molar-refractivity contribution in [3.8, 4) is 11.5 Å². The third-order valence-corrected chi connectivity index (χ3v) is 6.72. The van der Waals surface area contributed by atoms with E-state index in [9.17, 15) is 18.0 Å². The second kappa shape index (κ2) is 11.1. The predicted molar refractivity (Wildman–Crippen MR) is 127 cm³/mol. The number of nitrogens with one attached hydrogen (secondary N) is 2. The summed E-state index contributed by atoms with van der Waals surface area (Å²) in [5.41, 5.74) is 0.312. The van der Waals surface area contributed by atoms with Gasteiger partial charge in [-0.2, -0.15) is 18.3 Å². The Kier molecular flexibility index (Phi) is 8.16. The summed E-state index contributed by atoms with van der Waals surface area (Å²) in [6.45, 7) is 4.15. The number of anilines is 1. The SMILES string of the molecule is COc1ccc([C@@H]2C[C@@H](C(F)(F)F)n3nc(C(=O)NCCCN4CCOCC4)c(Cl)c3N2)cc1OC. The van der Waals surface area contributed by atoms with Crippen LogP contribution in [0.3, 0.4) is 0 Å². The van der Waals surface area contributed by atoms with Crippen LogP contribution in [0.1, 0.15) is 41.0 Å². The molecule has 36 heavy (non-hydrogen) atoms. The number of fused-ring (bicyclic) bond motifs is 1. The molecule has 0 unspecified atom stereocenters. The fourth-order valence-corrected chi connectivity index (χ4v) is 4.70. The van der Waals surface area contributed by atoms with E-state index in [4.69, 9.17) is 25.8 Å². The second-order valence-corrected chi connectivity index (χ2v) is 9.00. The number of alkyl halides is 3. The molecule has 0 bridgehead atoms. The lowest BCUT2D eigenvalue weighted by Crippen LogP contribution is -2.38. The zero-order chi connectivity index (χ0) is 25.9. The molecule has 2 aliphatic rings. The van der Waals surface area contributed by atoms with Gasteiger partial charge >= 0.3 is 6.18 Å². The Balaban J connectivity index is 1.51. The molecular weight excluding hydrogens is 503 g/mol. The van der Waals surface area contributed by atoms with Crippen molar-refractivity contribution in [3.63, 3.8) is 0 Å². The molecule has 13 heteroatoms. The van der Waals surface area contributed by atoms with Gasteiger partial charge in [0.2, 0.25) is 0 Å². The minimum Gasteiger partial charge on any atom is -0.493 e. The van der Waals surface area contributed by atoms with E-state index in [1.807, 2.05) is 0 Å². The van der Waals surface area contributed by atoms with E-state index in [2.05, 4.69) is 20.6 Å². The van der Waals surface area contributed by atoms with Gasteiger partial charge in [-0.3, -0.25) is 9.69 Å². The largest absolute Gasteiger partial charge is 0.493 e. The van der Waals surface area contributed by atoms with Gasteiger partial charge in [0.05, 0.1) is 33.5 Å². The number of morpholine rings is 1. The van der Waals surface area contributed by atoms with Crippen LogP contribution in [-0.2, 0) is 4.74 Å². The number of halogens is 4. The van der Waals surface area contributed by atoms with Crippen LogP contribution in [0.5, 0.6) is 11.5 Å². The lowest BCUT2D eigenvalue weighted by molar-refractivity contribution is -0.173. The maximum absolute atomic E-state index is 14.1. The number of carbonyl (C=O) groups is 1. The Morgan fingerprint density at radius 3 is 2.64 bits per heavy atom. The third-order valence-electron chi connectivity index (χ3n) is 6.36. The Hall–Kier alpha value is -2.70. The highest BCUT2D eigenvalue weighted by atomic mass is 35.5. The fraction of sp³-hybridized carbons (Fsp3) is 0.565. The molecule has 3 heterocycles. The molecule has 1 aromatic heterocycles. The van der Waals surface area contributed by atoms with Crippen molar-refractivity contribution in [2.24, 2.45) is 0 Å². The number of hydrogen-bond donors (Lipinski definition) is 2. The van der Waals surface area contributed by atoms with E-state index >= 15 is 0 Å². The highest BCUT2D eigenvalue weighted by molar-refractivity contribution is 6.36. The Bertz CT molecular complexity index is 1070. The van der Waals surface area contributed by atoms with E-state index in [-0.39, 0.29) is 23.0 Å². The summed E-state index contributed by atoms with van der Waals surface area (Å²) in [4.78, 5) is 15.0. The molecule has 9 nitrogen and oxygen atoms in total. The van der Waals surface area contributed by atoms with E-state index in [0.29, 0.717) is 43.2 Å². The first-order chi connectivity index (χ1) is 17.2. The van der Waals surface area contributed by atoms with Gasteiger partial charge in [0, 0.05) is 26.1 Å². The van der Waals surface area contributed by atoms with Gasteiger partial charge < -0.3 is 24.8 Å². The molecular formula is C23H29ClF3N5O4. The van der Waals surface area contributed by atoms with Crippen LogP contribution in [-0.4, -0.2) is 80.4 Å². The van der Waals surface area contributed by atoms with Crippen molar-refractivity contribution in [3.05, 3.63) is 34.5 Å². The first kappa shape index (κ1) is 26.4. The van der Waals surface area contributed by atoms with Gasteiger partial charge in [-0.15, -0.1) is 0 Å². The Morgan fingerprint density at radius 2 is 1.97 bits per heavy atom. The smallest absolute Gasteiger partial charge is 0.410 e. The summed E-state index contributed by atoms with van der Waals surface area (Å²) in [7, 11) is 2.93. The third kappa shape index (κ3) is 5.65. The van der Waals surface area contributed by atoms with Crippen LogP contribution in [0.2, 0.25) is 5.02 Å². The molecule has 0 spiro atoms. The Morgan fingerprint density at radius 1 is 1.25 bits per heavy atom. The molecule has 198 valence electrons. The minimum absolute atomic E-state index is 0.0523. The van der Waals surface area contributed by atoms with Crippen LogP contribution in [0.25, 0.3) is 0 Å². The predicted octanol–water partition coefficient (Wildman–Crippen LogP) is 3.67. The molecule has 0 aliphatic carbocycles. The zero-order valence-electron chi connectivity index (χ0n) is 20.0. The van der Waals surface area contributed by atoms with Gasteiger partial charge in [-0.05, 0) is 30.7 Å². The number of carbonyl (C=O) groups excluding carboxylic acids is 1. The van der Waals surface area contributed by atoms with Gasteiger partial charge in [0.25, 0.3) is 5.91 Å². The van der Waals surface area contributed by atoms with Crippen LogP contribution in [0, 0.1) is 0 Å². The number of methoxy groups -OCH3 is 2. The molecule has 4 rings (SSSR count). The van der Waals surface area contributed by atoms with Crippen molar-refractivity contribution >= 4 is 23.3 Å². The van der Waals surface area contributed by atoms with E-state index in [0.717, 1.165) is 24.3 Å². The Labute approximate surface area is 211 Å². The molecule has 2 aliphatic heterocycles. The number of nitrogens with zero attached hydrogens (tertiary/aromatic N) is 3. The van der Waals surface area contributed by atoms with Crippen molar-refractivity contribution in [1.82, 2.24) is 20.0 Å². The van der Waals surface area contributed by atoms with Crippen LogP contribution >= 0.6 is 11.6 Å². The van der Waals surface area contributed by atoms with Crippen LogP contribution < -0.4 is 20.1 Å². The number of rotatable bonds is 8. The van der Waals surface area contributed by atoms with Crippen molar-refractivity contribution in [2.45, 2.75) is 31.1 Å². The molecule has 1 saturated heterocycles. The van der Waals surface area contributed by atoms with Crippen LogP contribution in [0.15, 0.2) is 18.2 Å². The highest BCUT2D eigenvalue weighted by Gasteiger charge is 2.48. The van der Waals surface area contributed by atoms with Crippen molar-refractivity contribution in [2.75, 3.05) is 58.9 Å². The van der Waals surface area contributed by atoms with E-state index < -0.39 is 24.2 Å². The molecule has 2 N–H and O–H groups in total. The molecule has 0 radical (unpaired) electrons. The summed E-state index contributed by atoms with van der Waals surface area (Å²) in [6.07, 6.45) is -4.26. The van der Waals surface area contributed by atoms with Crippen molar-refractivity contribution < 1.29 is 32.2 Å². The highest BCUT2D eigenvalue weighted by Crippen LogP contribution is 2.47. The average Bonchev–Trinajstić information content (AvgIpc) is 3.21. The van der Waals surface area contributed by atoms with E-state index in [1.165, 1.54) is 14.2 Å². The first-order valence-electron chi connectivity index (χ1n) is 11.6. The summed E-state index contributed by atoms with van der Waals surface area (Å²) in [5.74, 6) is 0.181. The summed E-state index contributed by atoms with van der Waals surface area (Å²) in [6, 6.07) is 2.19. The van der Waals surface area contributed by atoms with Gasteiger partial charge in [-0.25, -0.2) is 4.68 Å². The standard InChI is InChI=1S/C23H29ClF3N5O4/c1-34-16-5-4-14(12-17(16)35-2)15-13-18(23(25,26)27)32-21(29-15)19(24)20(30-32)22(33)28-6-3-7-31-8-10-36-11-9-31/h4-5,12,15,18,29H,3,6-11,13H2,1-2H3,(H,28,33)/t15-,18-/m0/s1. The number of benzene rings is 1. The molecule has 0 saturated carbocycles. The van der Waals surface area contributed by atoms with Gasteiger partial charge in [0.15, 0.2) is 23.2 Å². The molecule has 1 amide bonds. The second-order valence-electron chi connectivity index (χ2n) is 8.62. The zero-order valence-corrected chi connectivity index (χ0v) is 20.8. The maximum Gasteiger partial charge on any atom is 0.410 e. The van der Waals surface area contributed by atoms with Gasteiger partial charge in [-0.1, -0.05) is 17.7 Å². The number of amides is 1. The molecule has 1 fully saturated rings. The lowest BCUT2D eigenvalue weighted by atomic mass is 9.96. The van der Waals surface area contributed by atoms with Gasteiger partial charge in [0.1, 0.15) is 10.8 Å². The first-order valence-corrected chi connectivity index (χ1v) is 12.0. The normalized spacial score (nSPS) is 20.4. The lowest BCUT2D eigenvalue weighted by Gasteiger charge is -2.33. The number of hydrogen-bond acceptors (Lipinski definition) is 7. The molecule has 1 aromatic carbocycles. The van der Waals surface area contributed by atoms with Crippen LogP contribution in [0.4, 0.5) is 19.0 Å². The average molecular weight is 532 g/mol. The summed E-state index contributed by atoms with van der Waals surface area (Å²) < 4.78 is 58.7. The van der Waals surface area contributed by atoms with Crippen molar-refractivity contribution in [1.29, 1.82) is 0 Å². The summed E-state index contributed by atoms with van der Waals surface area (Å²) in [5, 5.41) is 9.57. The molecule has 2 atom stereocenters. The minimum atomic E-state index is -4.60. The summed E-state index contributed by atoms with van der Waals surface area (Å²) >= 11 is 6.41.